The summed E-state index contributed by atoms with van der Waals surface area (Å²) in [6.45, 7) is 1.75. The van der Waals surface area contributed by atoms with E-state index in [0.29, 0.717) is 51.0 Å². The van der Waals surface area contributed by atoms with Crippen molar-refractivity contribution in [1.29, 1.82) is 0 Å². The first-order valence-corrected chi connectivity index (χ1v) is 9.20. The quantitative estimate of drug-likeness (QED) is 0.572. The number of nitrogens with one attached hydrogen (secondary N) is 3. The third-order valence-corrected chi connectivity index (χ3v) is 4.85. The van der Waals surface area contributed by atoms with Crippen molar-refractivity contribution in [2.75, 3.05) is 22.6 Å². The number of hydrogen-bond acceptors (Lipinski definition) is 7. The van der Waals surface area contributed by atoms with Crippen LogP contribution in [0.3, 0.4) is 0 Å². The molecule has 0 spiro atoms. The number of pyridine rings is 2. The van der Waals surface area contributed by atoms with Crippen molar-refractivity contribution in [2.45, 2.75) is 6.92 Å². The molecule has 0 aromatic carbocycles. The second-order valence-electron chi connectivity index (χ2n) is 6.97. The molecule has 3 aromatic rings. The standard InChI is InChI=1S/C20H17N7O3/c1-10(23-16-3-4-27(2)26-16)18-11-5-13(22-8-14(11)25-20(18)29)12-6-21-7-15-19(12)30-9-17(28)24-15/h3-8H,9H2,1-2H3,(H,23,26)(H,24,28)(H,25,29)/b18-10-. The number of rotatable bonds is 3. The zero-order valence-electron chi connectivity index (χ0n) is 16.2. The van der Waals surface area contributed by atoms with Crippen molar-refractivity contribution in [2.24, 2.45) is 7.05 Å². The number of carbonyl (C=O) groups is 2. The first-order valence-electron chi connectivity index (χ1n) is 9.20. The maximum absolute atomic E-state index is 12.6. The highest BCUT2D eigenvalue weighted by Gasteiger charge is 2.29. The van der Waals surface area contributed by atoms with Gasteiger partial charge in [0.25, 0.3) is 11.8 Å². The van der Waals surface area contributed by atoms with Gasteiger partial charge in [0.1, 0.15) is 5.69 Å². The third-order valence-electron chi connectivity index (χ3n) is 4.85. The number of aromatic nitrogens is 4. The summed E-state index contributed by atoms with van der Waals surface area (Å²) in [5.74, 6) is 0.688. The summed E-state index contributed by atoms with van der Waals surface area (Å²) < 4.78 is 7.28. The largest absolute Gasteiger partial charge is 0.481 e. The Balaban J connectivity index is 1.57. The van der Waals surface area contributed by atoms with Gasteiger partial charge in [-0.2, -0.15) is 5.10 Å². The minimum absolute atomic E-state index is 0.0761. The first kappa shape index (κ1) is 17.9. The second-order valence-corrected chi connectivity index (χ2v) is 6.97. The Morgan fingerprint density at radius 2 is 2.03 bits per heavy atom. The Morgan fingerprint density at radius 3 is 2.83 bits per heavy atom. The normalized spacial score (nSPS) is 16.2. The number of hydrogen-bond donors (Lipinski definition) is 3. The fourth-order valence-electron chi connectivity index (χ4n) is 3.52. The summed E-state index contributed by atoms with van der Waals surface area (Å²) in [6, 6.07) is 3.63. The molecule has 0 atom stereocenters. The molecule has 3 aromatic heterocycles. The van der Waals surface area contributed by atoms with Crippen LogP contribution in [-0.4, -0.2) is 38.2 Å². The zero-order chi connectivity index (χ0) is 20.8. The van der Waals surface area contributed by atoms with Crippen LogP contribution in [0.15, 0.2) is 42.6 Å². The molecule has 0 saturated heterocycles. The van der Waals surface area contributed by atoms with Gasteiger partial charge in [0.15, 0.2) is 18.2 Å². The molecule has 0 saturated carbocycles. The van der Waals surface area contributed by atoms with Gasteiger partial charge in [-0.15, -0.1) is 0 Å². The fourth-order valence-corrected chi connectivity index (χ4v) is 3.52. The molecule has 3 N–H and O–H groups in total. The number of aryl methyl sites for hydroxylation is 1. The predicted molar refractivity (Wildman–Crippen MR) is 110 cm³/mol. The molecule has 0 bridgehead atoms. The highest BCUT2D eigenvalue weighted by molar-refractivity contribution is 6.32. The number of anilines is 3. The minimum atomic E-state index is -0.236. The Labute approximate surface area is 171 Å². The van der Waals surface area contributed by atoms with Crippen LogP contribution in [-0.2, 0) is 16.6 Å². The van der Waals surface area contributed by atoms with E-state index in [4.69, 9.17) is 4.74 Å². The smallest absolute Gasteiger partial charge is 0.262 e. The molecular formula is C20H17N7O3. The lowest BCUT2D eigenvalue weighted by molar-refractivity contribution is -0.118. The van der Waals surface area contributed by atoms with Gasteiger partial charge in [-0.3, -0.25) is 24.2 Å². The molecular weight excluding hydrogens is 386 g/mol. The van der Waals surface area contributed by atoms with E-state index >= 15 is 0 Å². The fraction of sp³-hybridized carbons (Fsp3) is 0.150. The number of fused-ring (bicyclic) bond motifs is 2. The summed E-state index contributed by atoms with van der Waals surface area (Å²) in [6.07, 6.45) is 6.57. The Bertz CT molecular complexity index is 1240. The zero-order valence-corrected chi connectivity index (χ0v) is 16.2. The summed E-state index contributed by atoms with van der Waals surface area (Å²) in [4.78, 5) is 32.9. The second kappa shape index (κ2) is 6.69. The van der Waals surface area contributed by atoms with E-state index in [9.17, 15) is 9.59 Å². The number of ether oxygens (including phenoxy) is 1. The average molecular weight is 403 g/mol. The number of amides is 2. The third kappa shape index (κ3) is 2.94. The van der Waals surface area contributed by atoms with E-state index in [1.165, 1.54) is 6.20 Å². The highest BCUT2D eigenvalue weighted by atomic mass is 16.5. The van der Waals surface area contributed by atoms with Crippen LogP contribution in [0.1, 0.15) is 12.5 Å². The Morgan fingerprint density at radius 1 is 1.17 bits per heavy atom. The van der Waals surface area contributed by atoms with E-state index < -0.39 is 0 Å². The van der Waals surface area contributed by atoms with Crippen LogP contribution in [0.2, 0.25) is 0 Å². The van der Waals surface area contributed by atoms with Crippen molar-refractivity contribution in [1.82, 2.24) is 19.7 Å². The van der Waals surface area contributed by atoms with E-state index in [-0.39, 0.29) is 18.4 Å². The van der Waals surface area contributed by atoms with Gasteiger partial charge in [0.2, 0.25) is 0 Å². The molecule has 0 fully saturated rings. The summed E-state index contributed by atoms with van der Waals surface area (Å²) >= 11 is 0. The monoisotopic (exact) mass is 403 g/mol. The van der Waals surface area contributed by atoms with E-state index in [2.05, 4.69) is 31.0 Å². The molecule has 0 unspecified atom stereocenters. The molecule has 2 amide bonds. The molecule has 5 heterocycles. The number of nitrogens with zero attached hydrogens (tertiary/aromatic N) is 4. The van der Waals surface area contributed by atoms with Gasteiger partial charge >= 0.3 is 0 Å². The SMILES string of the molecule is C/C(Nc1ccn(C)n1)=C1/C(=O)Nc2cnc(-c3cncc4c3OCC(=O)N4)cc21. The van der Waals surface area contributed by atoms with Crippen molar-refractivity contribution >= 4 is 34.6 Å². The molecule has 5 rings (SSSR count). The van der Waals surface area contributed by atoms with Crippen LogP contribution >= 0.6 is 0 Å². The van der Waals surface area contributed by atoms with Gasteiger partial charge in [-0.25, -0.2) is 0 Å². The Kier molecular flexibility index (Phi) is 3.98. The molecule has 0 radical (unpaired) electrons. The highest BCUT2D eigenvalue weighted by Crippen LogP contribution is 2.40. The van der Waals surface area contributed by atoms with Crippen LogP contribution in [0.4, 0.5) is 17.2 Å². The van der Waals surface area contributed by atoms with Gasteiger partial charge in [-0.1, -0.05) is 0 Å². The van der Waals surface area contributed by atoms with Gasteiger partial charge in [-0.05, 0) is 13.0 Å². The van der Waals surface area contributed by atoms with Crippen molar-refractivity contribution in [3.63, 3.8) is 0 Å². The van der Waals surface area contributed by atoms with Crippen LogP contribution in [0.25, 0.3) is 16.8 Å². The summed E-state index contributed by atoms with van der Waals surface area (Å²) in [5, 5.41) is 13.0. The topological polar surface area (TPSA) is 123 Å². The van der Waals surface area contributed by atoms with Crippen LogP contribution < -0.4 is 20.7 Å². The van der Waals surface area contributed by atoms with Gasteiger partial charge in [0.05, 0.1) is 34.9 Å². The molecule has 150 valence electrons. The maximum atomic E-state index is 12.6. The predicted octanol–water partition coefficient (Wildman–Crippen LogP) is 2.00. The molecule has 30 heavy (non-hydrogen) atoms. The van der Waals surface area contributed by atoms with Crippen LogP contribution in [0, 0.1) is 0 Å². The lowest BCUT2D eigenvalue weighted by Crippen LogP contribution is -2.25. The minimum Gasteiger partial charge on any atom is -0.481 e. The van der Waals surface area contributed by atoms with Gasteiger partial charge < -0.3 is 20.7 Å². The van der Waals surface area contributed by atoms with E-state index in [0.717, 1.165) is 0 Å². The maximum Gasteiger partial charge on any atom is 0.262 e. The van der Waals surface area contributed by atoms with Crippen molar-refractivity contribution in [3.8, 4) is 17.0 Å². The molecule has 10 nitrogen and oxygen atoms in total. The molecule has 10 heteroatoms. The Hall–Kier alpha value is -4.21. The van der Waals surface area contributed by atoms with E-state index in [1.807, 2.05) is 32.3 Å². The lowest BCUT2D eigenvalue weighted by Gasteiger charge is -2.20. The van der Waals surface area contributed by atoms with Crippen molar-refractivity contribution in [3.05, 3.63) is 48.2 Å². The lowest BCUT2D eigenvalue weighted by atomic mass is 10.0. The van der Waals surface area contributed by atoms with Gasteiger partial charge in [0, 0.05) is 36.8 Å². The number of allylic oxidation sites excluding steroid dienone is 1. The summed E-state index contributed by atoms with van der Waals surface area (Å²) in [5.41, 5.74) is 4.20. The summed E-state index contributed by atoms with van der Waals surface area (Å²) in [7, 11) is 1.82. The van der Waals surface area contributed by atoms with E-state index in [1.54, 1.807) is 17.1 Å². The molecule has 0 aliphatic carbocycles. The molecule has 2 aliphatic heterocycles. The number of carbonyl (C=O) groups excluding carboxylic acids is 2. The first-order chi connectivity index (χ1) is 14.5. The van der Waals surface area contributed by atoms with Crippen molar-refractivity contribution < 1.29 is 14.3 Å². The van der Waals surface area contributed by atoms with Crippen LogP contribution in [0.5, 0.6) is 5.75 Å². The molecule has 2 aliphatic rings. The average Bonchev–Trinajstić information content (AvgIpc) is 3.28.